The van der Waals surface area contributed by atoms with Crippen LogP contribution in [0.2, 0.25) is 0 Å². The van der Waals surface area contributed by atoms with Gasteiger partial charge in [-0.15, -0.1) is 0 Å². The van der Waals surface area contributed by atoms with Crippen LogP contribution in [0.25, 0.3) is 0 Å². The summed E-state index contributed by atoms with van der Waals surface area (Å²) in [6.45, 7) is 6.42. The standard InChI is InChI=1S/C27H35N5O7/c1-24-11-7-20-25(2)9-4-10-26(3,22(33)34)19(25)8-12-27(20,15-24)14-21(24)29-30-23(35)28-17-6-5-16(31(36)37)13-18(17)32(38)39/h5-6,13,19-20H,4,7-12,14-15H2,1-3H3,(H,33,34)(H2,28,30,35)/b29-21-/t19-,20-,24-,25+,26+,27-/m1/s1. The van der Waals surface area contributed by atoms with Crippen molar-refractivity contribution in [2.45, 2.75) is 78.6 Å². The highest BCUT2D eigenvalue weighted by molar-refractivity contribution is 5.96. The molecule has 210 valence electrons. The predicted octanol–water partition coefficient (Wildman–Crippen LogP) is 5.87. The van der Waals surface area contributed by atoms with Gasteiger partial charge in [0, 0.05) is 17.2 Å². The fraction of sp³-hybridized carbons (Fsp3) is 0.667. The number of anilines is 1. The number of aliphatic carboxylic acids is 1. The van der Waals surface area contributed by atoms with Gasteiger partial charge < -0.3 is 10.4 Å². The molecule has 2 bridgehead atoms. The fourth-order valence-electron chi connectivity index (χ4n) is 9.12. The van der Waals surface area contributed by atoms with Crippen molar-refractivity contribution in [2.75, 3.05) is 5.32 Å². The summed E-state index contributed by atoms with van der Waals surface area (Å²) in [6.07, 6.45) is 8.07. The van der Waals surface area contributed by atoms with Crippen molar-refractivity contribution < 1.29 is 24.5 Å². The number of benzene rings is 1. The van der Waals surface area contributed by atoms with E-state index in [4.69, 9.17) is 0 Å². The molecule has 5 rings (SSSR count). The number of carbonyl (C=O) groups is 2. The summed E-state index contributed by atoms with van der Waals surface area (Å²) in [4.78, 5) is 45.9. The lowest BCUT2D eigenvalue weighted by atomic mass is 9.40. The zero-order valence-electron chi connectivity index (χ0n) is 22.5. The maximum atomic E-state index is 12.7. The molecule has 1 aromatic rings. The van der Waals surface area contributed by atoms with Crippen molar-refractivity contribution >= 4 is 34.8 Å². The molecule has 4 saturated carbocycles. The maximum absolute atomic E-state index is 12.7. The van der Waals surface area contributed by atoms with Crippen LogP contribution in [0.3, 0.4) is 0 Å². The zero-order valence-corrected chi connectivity index (χ0v) is 22.5. The van der Waals surface area contributed by atoms with Gasteiger partial charge in [0.05, 0.1) is 21.3 Å². The van der Waals surface area contributed by atoms with Crippen LogP contribution < -0.4 is 10.7 Å². The summed E-state index contributed by atoms with van der Waals surface area (Å²) in [5.41, 5.74) is 1.29. The Hall–Kier alpha value is -3.57. The molecule has 6 atom stereocenters. The Bertz CT molecular complexity index is 1300. The third-order valence-corrected chi connectivity index (χ3v) is 10.8. The van der Waals surface area contributed by atoms with E-state index in [1.165, 1.54) is 0 Å². The van der Waals surface area contributed by atoms with Gasteiger partial charge in [0.2, 0.25) is 0 Å². The lowest BCUT2D eigenvalue weighted by molar-refractivity contribution is -0.393. The highest BCUT2D eigenvalue weighted by atomic mass is 16.6. The number of carbonyl (C=O) groups excluding carboxylic acids is 1. The molecule has 4 aliphatic rings. The molecular weight excluding hydrogens is 506 g/mol. The largest absolute Gasteiger partial charge is 0.481 e. The van der Waals surface area contributed by atoms with E-state index in [0.29, 0.717) is 5.92 Å². The number of rotatable bonds is 5. The van der Waals surface area contributed by atoms with Crippen molar-refractivity contribution in [3.63, 3.8) is 0 Å². The van der Waals surface area contributed by atoms with E-state index in [-0.39, 0.29) is 27.9 Å². The number of amides is 2. The third kappa shape index (κ3) is 4.15. The van der Waals surface area contributed by atoms with Crippen molar-refractivity contribution in [1.82, 2.24) is 5.43 Å². The van der Waals surface area contributed by atoms with Crippen LogP contribution >= 0.6 is 0 Å². The Morgan fingerprint density at radius 1 is 1.03 bits per heavy atom. The van der Waals surface area contributed by atoms with Crippen molar-refractivity contribution in [1.29, 1.82) is 0 Å². The third-order valence-electron chi connectivity index (χ3n) is 10.8. The van der Waals surface area contributed by atoms with E-state index in [1.807, 2.05) is 6.92 Å². The molecule has 0 aliphatic heterocycles. The van der Waals surface area contributed by atoms with E-state index in [2.05, 4.69) is 29.7 Å². The van der Waals surface area contributed by atoms with Crippen molar-refractivity contribution in [3.05, 3.63) is 38.4 Å². The second-order valence-electron chi connectivity index (χ2n) is 12.9. The summed E-state index contributed by atoms with van der Waals surface area (Å²) in [7, 11) is 0. The average Bonchev–Trinajstić information content (AvgIpc) is 3.06. The number of non-ortho nitro benzene ring substituents is 1. The molecule has 2 amide bonds. The summed E-state index contributed by atoms with van der Waals surface area (Å²) < 4.78 is 0. The van der Waals surface area contributed by atoms with Gasteiger partial charge in [0.25, 0.3) is 11.4 Å². The molecule has 1 spiro atoms. The first-order chi connectivity index (χ1) is 18.2. The number of urea groups is 1. The van der Waals surface area contributed by atoms with Crippen LogP contribution in [-0.4, -0.2) is 32.7 Å². The molecule has 0 radical (unpaired) electrons. The molecule has 0 heterocycles. The smallest absolute Gasteiger partial charge is 0.339 e. The Balaban J connectivity index is 1.35. The van der Waals surface area contributed by atoms with Gasteiger partial charge in [-0.05, 0) is 87.0 Å². The lowest BCUT2D eigenvalue weighted by Crippen LogP contribution is -2.58. The van der Waals surface area contributed by atoms with Gasteiger partial charge in [-0.1, -0.05) is 20.3 Å². The lowest BCUT2D eigenvalue weighted by Gasteiger charge is -2.63. The summed E-state index contributed by atoms with van der Waals surface area (Å²) in [5, 5.41) is 39.4. The van der Waals surface area contributed by atoms with Crippen LogP contribution in [0, 0.1) is 53.7 Å². The first-order valence-corrected chi connectivity index (χ1v) is 13.5. The number of nitrogens with one attached hydrogen (secondary N) is 2. The minimum Gasteiger partial charge on any atom is -0.481 e. The van der Waals surface area contributed by atoms with Crippen molar-refractivity contribution in [2.24, 2.45) is 38.6 Å². The van der Waals surface area contributed by atoms with Crippen LogP contribution in [-0.2, 0) is 4.79 Å². The maximum Gasteiger partial charge on any atom is 0.339 e. The number of carboxylic acids is 1. The van der Waals surface area contributed by atoms with Gasteiger partial charge in [0.15, 0.2) is 0 Å². The van der Waals surface area contributed by atoms with Crippen LogP contribution in [0.4, 0.5) is 21.9 Å². The highest BCUT2D eigenvalue weighted by Gasteiger charge is 2.67. The molecule has 4 fully saturated rings. The van der Waals surface area contributed by atoms with Gasteiger partial charge in [0.1, 0.15) is 5.69 Å². The van der Waals surface area contributed by atoms with Crippen LogP contribution in [0.15, 0.2) is 23.3 Å². The number of fused-ring (bicyclic) bond motifs is 3. The van der Waals surface area contributed by atoms with E-state index in [9.17, 15) is 34.9 Å². The summed E-state index contributed by atoms with van der Waals surface area (Å²) in [6, 6.07) is 2.26. The SMILES string of the molecule is C[C@]12CC[C@H]3[C@](CC[C@@H]4[C@]3(C)CCC[C@]4(C)C(=O)O)(C/C1=N/NC(=O)Nc1ccc([N+](=O)[O-])cc1[N+](=O)[O-])C2. The van der Waals surface area contributed by atoms with Crippen LogP contribution in [0.5, 0.6) is 0 Å². The topological polar surface area (TPSA) is 177 Å². The quantitative estimate of drug-likeness (QED) is 0.308. The monoisotopic (exact) mass is 541 g/mol. The fourth-order valence-corrected chi connectivity index (χ4v) is 9.12. The van der Waals surface area contributed by atoms with Crippen LogP contribution in [0.1, 0.15) is 78.6 Å². The van der Waals surface area contributed by atoms with E-state index >= 15 is 0 Å². The van der Waals surface area contributed by atoms with E-state index in [0.717, 1.165) is 81.7 Å². The highest BCUT2D eigenvalue weighted by Crippen LogP contribution is 2.73. The van der Waals surface area contributed by atoms with Crippen molar-refractivity contribution in [3.8, 4) is 0 Å². The van der Waals surface area contributed by atoms with Gasteiger partial charge in [-0.2, -0.15) is 5.10 Å². The molecule has 1 aromatic carbocycles. The molecule has 0 saturated heterocycles. The van der Waals surface area contributed by atoms with E-state index in [1.54, 1.807) is 0 Å². The molecule has 39 heavy (non-hydrogen) atoms. The Morgan fingerprint density at radius 3 is 2.41 bits per heavy atom. The number of hydrogen-bond acceptors (Lipinski definition) is 7. The average molecular weight is 542 g/mol. The summed E-state index contributed by atoms with van der Waals surface area (Å²) in [5.74, 6) is -0.161. The first kappa shape index (κ1) is 27.0. The molecule has 4 aliphatic carbocycles. The number of nitro benzene ring substituents is 2. The Kier molecular flexibility index (Phi) is 6.23. The zero-order chi connectivity index (χ0) is 28.4. The second kappa shape index (κ2) is 8.99. The number of nitro groups is 2. The number of hydrogen-bond donors (Lipinski definition) is 3. The molecular formula is C27H35N5O7. The molecule has 12 nitrogen and oxygen atoms in total. The van der Waals surface area contributed by atoms with E-state index < -0.39 is 38.6 Å². The molecule has 12 heteroatoms. The predicted molar refractivity (Wildman–Crippen MR) is 142 cm³/mol. The number of hydrazone groups is 1. The first-order valence-electron chi connectivity index (χ1n) is 13.5. The molecule has 0 aromatic heterocycles. The normalized spacial score (nSPS) is 37.9. The van der Waals surface area contributed by atoms with Gasteiger partial charge in [-0.3, -0.25) is 25.0 Å². The van der Waals surface area contributed by atoms with Gasteiger partial charge in [-0.25, -0.2) is 10.2 Å². The number of carboxylic acid groups (broad SMARTS) is 1. The minimum atomic E-state index is -0.785. The minimum absolute atomic E-state index is 0.0170. The number of nitrogens with zero attached hydrogens (tertiary/aromatic N) is 3. The van der Waals surface area contributed by atoms with Gasteiger partial charge >= 0.3 is 12.0 Å². The Morgan fingerprint density at radius 2 is 1.74 bits per heavy atom. The second-order valence-corrected chi connectivity index (χ2v) is 12.9. The summed E-state index contributed by atoms with van der Waals surface area (Å²) >= 11 is 0. The molecule has 0 unspecified atom stereocenters. The molecule has 3 N–H and O–H groups in total. The Labute approximate surface area is 225 Å².